The highest BCUT2D eigenvalue weighted by molar-refractivity contribution is 5.18. The Labute approximate surface area is 113 Å². The predicted molar refractivity (Wildman–Crippen MR) is 71.2 cm³/mol. The van der Waals surface area contributed by atoms with Gasteiger partial charge in [0.25, 0.3) is 0 Å². The number of rotatable bonds is 4. The lowest BCUT2D eigenvalue weighted by Crippen LogP contribution is -2.30. The number of nitrogens with one attached hydrogen (secondary N) is 1. The minimum absolute atomic E-state index is 0.464. The lowest BCUT2D eigenvalue weighted by molar-refractivity contribution is 0.125. The van der Waals surface area contributed by atoms with E-state index in [-0.39, 0.29) is 0 Å². The van der Waals surface area contributed by atoms with Crippen molar-refractivity contribution >= 4 is 6.01 Å². The van der Waals surface area contributed by atoms with Gasteiger partial charge >= 0.3 is 6.01 Å². The number of nitrogens with zero attached hydrogens (tertiary/aromatic N) is 3. The number of anilines is 1. The molecule has 1 aliphatic heterocycles. The monoisotopic (exact) mass is 266 g/mol. The molecule has 0 radical (unpaired) electrons. The van der Waals surface area contributed by atoms with Crippen molar-refractivity contribution in [1.82, 2.24) is 15.1 Å². The Balaban J connectivity index is 1.49. The summed E-state index contributed by atoms with van der Waals surface area (Å²) >= 11 is 0. The summed E-state index contributed by atoms with van der Waals surface area (Å²) in [7, 11) is 2.13. The minimum atomic E-state index is 0.464. The van der Waals surface area contributed by atoms with Crippen LogP contribution in [-0.2, 0) is 4.74 Å². The molecule has 1 saturated heterocycles. The van der Waals surface area contributed by atoms with Crippen molar-refractivity contribution in [2.75, 3.05) is 45.2 Å². The molecule has 0 unspecified atom stereocenters. The summed E-state index contributed by atoms with van der Waals surface area (Å²) in [5.41, 5.74) is 0. The van der Waals surface area contributed by atoms with E-state index in [0.29, 0.717) is 17.9 Å². The zero-order valence-corrected chi connectivity index (χ0v) is 11.5. The lowest BCUT2D eigenvalue weighted by Gasteiger charge is -2.20. The van der Waals surface area contributed by atoms with Crippen molar-refractivity contribution in [2.24, 2.45) is 5.92 Å². The molecular formula is C13H22N4O2. The van der Waals surface area contributed by atoms with Crippen LogP contribution in [0.5, 0.6) is 0 Å². The Morgan fingerprint density at radius 3 is 3.05 bits per heavy atom. The molecule has 1 atom stereocenters. The number of hydrogen-bond acceptors (Lipinski definition) is 6. The largest absolute Gasteiger partial charge is 0.408 e. The van der Waals surface area contributed by atoms with Gasteiger partial charge in [-0.15, -0.1) is 5.10 Å². The van der Waals surface area contributed by atoms with Crippen molar-refractivity contribution in [3.63, 3.8) is 0 Å². The van der Waals surface area contributed by atoms with Gasteiger partial charge in [-0.25, -0.2) is 0 Å². The van der Waals surface area contributed by atoms with E-state index in [2.05, 4.69) is 27.5 Å². The van der Waals surface area contributed by atoms with Crippen molar-refractivity contribution in [1.29, 1.82) is 0 Å². The summed E-state index contributed by atoms with van der Waals surface area (Å²) in [6, 6.07) is 0.550. The molecule has 0 aromatic carbocycles. The van der Waals surface area contributed by atoms with Crippen LogP contribution in [-0.4, -0.2) is 55.0 Å². The van der Waals surface area contributed by atoms with Gasteiger partial charge in [-0.1, -0.05) is 11.5 Å². The van der Waals surface area contributed by atoms with Gasteiger partial charge in [0.05, 0.1) is 13.2 Å². The molecule has 1 aromatic heterocycles. The van der Waals surface area contributed by atoms with Gasteiger partial charge in [0, 0.05) is 31.5 Å². The first kappa shape index (κ1) is 12.9. The van der Waals surface area contributed by atoms with Crippen LogP contribution in [0.2, 0.25) is 0 Å². The van der Waals surface area contributed by atoms with Crippen molar-refractivity contribution in [3.8, 4) is 0 Å². The topological polar surface area (TPSA) is 63.4 Å². The summed E-state index contributed by atoms with van der Waals surface area (Å²) in [4.78, 5) is 2.30. The first-order valence-electron chi connectivity index (χ1n) is 7.15. The van der Waals surface area contributed by atoms with Crippen LogP contribution in [0.25, 0.3) is 0 Å². The Hall–Kier alpha value is -1.14. The van der Waals surface area contributed by atoms with Crippen LogP contribution >= 0.6 is 0 Å². The van der Waals surface area contributed by atoms with Gasteiger partial charge in [0.2, 0.25) is 5.89 Å². The summed E-state index contributed by atoms with van der Waals surface area (Å²) in [6.07, 6.45) is 3.65. The minimum Gasteiger partial charge on any atom is -0.408 e. The van der Waals surface area contributed by atoms with Crippen LogP contribution in [0.3, 0.4) is 0 Å². The standard InChI is InChI=1S/C13H22N4O2/c1-17-5-6-18-9-10(8-17)7-14-13-16-15-12(19-13)11-3-2-4-11/h10-11H,2-9H2,1H3,(H,14,16)/t10-/m0/s1. The molecule has 0 bridgehead atoms. The summed E-state index contributed by atoms with van der Waals surface area (Å²) < 4.78 is 11.2. The molecule has 0 spiro atoms. The first-order chi connectivity index (χ1) is 9.31. The zero-order valence-electron chi connectivity index (χ0n) is 11.5. The van der Waals surface area contributed by atoms with E-state index in [1.807, 2.05) is 0 Å². The normalized spacial score (nSPS) is 25.8. The van der Waals surface area contributed by atoms with Crippen LogP contribution in [0.4, 0.5) is 6.01 Å². The van der Waals surface area contributed by atoms with Crippen LogP contribution in [0, 0.1) is 5.92 Å². The van der Waals surface area contributed by atoms with Gasteiger partial charge in [-0.3, -0.25) is 0 Å². The van der Waals surface area contributed by atoms with Gasteiger partial charge in [0.1, 0.15) is 0 Å². The maximum Gasteiger partial charge on any atom is 0.315 e. The van der Waals surface area contributed by atoms with Crippen LogP contribution in [0.15, 0.2) is 4.42 Å². The molecule has 6 heteroatoms. The molecule has 3 rings (SSSR count). The highest BCUT2D eigenvalue weighted by atomic mass is 16.5. The van der Waals surface area contributed by atoms with Crippen molar-refractivity contribution < 1.29 is 9.15 Å². The fourth-order valence-electron chi connectivity index (χ4n) is 2.54. The van der Waals surface area contributed by atoms with Gasteiger partial charge in [0.15, 0.2) is 0 Å². The second kappa shape index (κ2) is 5.88. The lowest BCUT2D eigenvalue weighted by atomic mass is 9.85. The third-order valence-electron chi connectivity index (χ3n) is 3.98. The maximum absolute atomic E-state index is 5.65. The number of ether oxygens (including phenoxy) is 1. The molecule has 19 heavy (non-hydrogen) atoms. The summed E-state index contributed by atoms with van der Waals surface area (Å²) in [5.74, 6) is 1.75. The second-order valence-electron chi connectivity index (χ2n) is 5.66. The van der Waals surface area contributed by atoms with Crippen molar-refractivity contribution in [2.45, 2.75) is 25.2 Å². The first-order valence-corrected chi connectivity index (χ1v) is 7.15. The summed E-state index contributed by atoms with van der Waals surface area (Å²) in [5, 5.41) is 11.4. The molecule has 1 saturated carbocycles. The molecule has 2 aliphatic rings. The van der Waals surface area contributed by atoms with E-state index in [1.54, 1.807) is 0 Å². The summed E-state index contributed by atoms with van der Waals surface area (Å²) in [6.45, 7) is 4.47. The van der Waals surface area contributed by atoms with Crippen LogP contribution < -0.4 is 5.32 Å². The molecule has 1 N–H and O–H groups in total. The Kier molecular flexibility index (Phi) is 3.98. The third-order valence-corrected chi connectivity index (χ3v) is 3.98. The molecule has 2 heterocycles. The van der Waals surface area contributed by atoms with E-state index < -0.39 is 0 Å². The van der Waals surface area contributed by atoms with E-state index in [0.717, 1.165) is 38.7 Å². The van der Waals surface area contributed by atoms with Gasteiger partial charge in [-0.05, 0) is 19.9 Å². The third kappa shape index (κ3) is 3.25. The number of aromatic nitrogens is 2. The van der Waals surface area contributed by atoms with E-state index in [1.165, 1.54) is 19.3 Å². The average Bonchev–Trinajstić information content (AvgIpc) is 2.67. The molecule has 106 valence electrons. The highest BCUT2D eigenvalue weighted by Gasteiger charge is 2.25. The molecule has 1 aliphatic carbocycles. The Morgan fingerprint density at radius 2 is 2.26 bits per heavy atom. The Morgan fingerprint density at radius 1 is 1.37 bits per heavy atom. The predicted octanol–water partition coefficient (Wildman–Crippen LogP) is 1.33. The molecule has 0 amide bonds. The molecular weight excluding hydrogens is 244 g/mol. The van der Waals surface area contributed by atoms with E-state index in [9.17, 15) is 0 Å². The van der Waals surface area contributed by atoms with Crippen molar-refractivity contribution in [3.05, 3.63) is 5.89 Å². The van der Waals surface area contributed by atoms with Gasteiger partial charge < -0.3 is 19.4 Å². The maximum atomic E-state index is 5.65. The number of hydrogen-bond donors (Lipinski definition) is 1. The molecule has 2 fully saturated rings. The fourth-order valence-corrected chi connectivity index (χ4v) is 2.54. The smallest absolute Gasteiger partial charge is 0.315 e. The average molecular weight is 266 g/mol. The highest BCUT2D eigenvalue weighted by Crippen LogP contribution is 2.35. The second-order valence-corrected chi connectivity index (χ2v) is 5.66. The quantitative estimate of drug-likeness (QED) is 0.887. The van der Waals surface area contributed by atoms with E-state index in [4.69, 9.17) is 9.15 Å². The SMILES string of the molecule is CN1CCOC[C@@H](CNc2nnc(C3CCC3)o2)C1. The molecule has 1 aromatic rings. The molecule has 6 nitrogen and oxygen atoms in total. The fraction of sp³-hybridized carbons (Fsp3) is 0.846. The van der Waals surface area contributed by atoms with Crippen LogP contribution in [0.1, 0.15) is 31.1 Å². The van der Waals surface area contributed by atoms with E-state index >= 15 is 0 Å². The van der Waals surface area contributed by atoms with Gasteiger partial charge in [-0.2, -0.15) is 0 Å². The Bertz CT molecular complexity index is 405. The number of likely N-dealkylation sites (N-methyl/N-ethyl adjacent to an activating group) is 1. The zero-order chi connectivity index (χ0) is 13.1.